The van der Waals surface area contributed by atoms with Crippen molar-refractivity contribution in [2.75, 3.05) is 18.5 Å². The summed E-state index contributed by atoms with van der Waals surface area (Å²) in [6.07, 6.45) is 2.03. The zero-order valence-corrected chi connectivity index (χ0v) is 11.7. The Kier molecular flexibility index (Phi) is 5.65. The number of benzene rings is 1. The Hall–Kier alpha value is -1.78. The van der Waals surface area contributed by atoms with Crippen LogP contribution in [0.25, 0.3) is 0 Å². The van der Waals surface area contributed by atoms with Gasteiger partial charge in [0.05, 0.1) is 19.0 Å². The standard InChI is InChI=1S/C16H21NO3/c1-2-13-6-3-4-8-16(13)17-10-14(18)11-19-12-15-7-5-9-20-15/h3-9,14,17-18H,2,10-12H2,1H3. The maximum atomic E-state index is 9.88. The molecule has 0 aliphatic carbocycles. The van der Waals surface area contributed by atoms with Crippen LogP contribution in [0.1, 0.15) is 18.2 Å². The summed E-state index contributed by atoms with van der Waals surface area (Å²) in [5.41, 5.74) is 2.32. The number of rotatable bonds is 8. The minimum absolute atomic E-state index is 0.280. The summed E-state index contributed by atoms with van der Waals surface area (Å²) in [7, 11) is 0. The molecule has 4 heteroatoms. The van der Waals surface area contributed by atoms with Crippen LogP contribution in [0, 0.1) is 0 Å². The quantitative estimate of drug-likeness (QED) is 0.778. The second kappa shape index (κ2) is 7.72. The maximum absolute atomic E-state index is 9.88. The molecule has 4 nitrogen and oxygen atoms in total. The Balaban J connectivity index is 1.70. The molecule has 0 spiro atoms. The molecule has 0 radical (unpaired) electrons. The van der Waals surface area contributed by atoms with Crippen LogP contribution >= 0.6 is 0 Å². The first-order chi connectivity index (χ1) is 9.79. The van der Waals surface area contributed by atoms with Gasteiger partial charge in [0.15, 0.2) is 0 Å². The van der Waals surface area contributed by atoms with Crippen molar-refractivity contribution in [3.8, 4) is 0 Å². The Morgan fingerprint density at radius 2 is 2.10 bits per heavy atom. The lowest BCUT2D eigenvalue weighted by Crippen LogP contribution is -2.25. The molecule has 0 saturated heterocycles. The van der Waals surface area contributed by atoms with Crippen molar-refractivity contribution in [3.63, 3.8) is 0 Å². The predicted molar refractivity (Wildman–Crippen MR) is 78.7 cm³/mol. The van der Waals surface area contributed by atoms with Crippen molar-refractivity contribution in [3.05, 3.63) is 54.0 Å². The summed E-state index contributed by atoms with van der Waals surface area (Å²) in [5.74, 6) is 0.765. The monoisotopic (exact) mass is 275 g/mol. The molecule has 1 aromatic heterocycles. The van der Waals surface area contributed by atoms with Crippen LogP contribution < -0.4 is 5.32 Å². The molecule has 20 heavy (non-hydrogen) atoms. The second-order valence-corrected chi connectivity index (χ2v) is 4.64. The highest BCUT2D eigenvalue weighted by atomic mass is 16.5. The van der Waals surface area contributed by atoms with Gasteiger partial charge in [-0.15, -0.1) is 0 Å². The first-order valence-corrected chi connectivity index (χ1v) is 6.89. The number of aliphatic hydroxyl groups is 1. The third kappa shape index (κ3) is 4.40. The molecule has 0 aliphatic rings. The molecular formula is C16H21NO3. The molecule has 2 rings (SSSR count). The fourth-order valence-electron chi connectivity index (χ4n) is 1.98. The van der Waals surface area contributed by atoms with Gasteiger partial charge in [-0.2, -0.15) is 0 Å². The average Bonchev–Trinajstić information content (AvgIpc) is 2.98. The van der Waals surface area contributed by atoms with Gasteiger partial charge in [0.1, 0.15) is 12.4 Å². The van der Waals surface area contributed by atoms with Crippen LogP contribution in [-0.2, 0) is 17.8 Å². The molecule has 1 atom stereocenters. The van der Waals surface area contributed by atoms with Gasteiger partial charge >= 0.3 is 0 Å². The molecule has 1 aromatic carbocycles. The summed E-state index contributed by atoms with van der Waals surface area (Å²) in [6.45, 7) is 3.25. The highest BCUT2D eigenvalue weighted by Crippen LogP contribution is 2.15. The Bertz CT molecular complexity index is 496. The second-order valence-electron chi connectivity index (χ2n) is 4.64. The van der Waals surface area contributed by atoms with E-state index in [1.54, 1.807) is 6.26 Å². The predicted octanol–water partition coefficient (Wildman–Crippen LogP) is 2.83. The van der Waals surface area contributed by atoms with Crippen LogP contribution in [0.4, 0.5) is 5.69 Å². The minimum Gasteiger partial charge on any atom is -0.467 e. The molecule has 2 aromatic rings. The molecule has 2 N–H and O–H groups in total. The van der Waals surface area contributed by atoms with E-state index in [1.165, 1.54) is 5.56 Å². The smallest absolute Gasteiger partial charge is 0.129 e. The molecular weight excluding hydrogens is 254 g/mol. The van der Waals surface area contributed by atoms with Crippen molar-refractivity contribution in [2.24, 2.45) is 0 Å². The van der Waals surface area contributed by atoms with Crippen molar-refractivity contribution < 1.29 is 14.3 Å². The largest absolute Gasteiger partial charge is 0.467 e. The van der Waals surface area contributed by atoms with Crippen molar-refractivity contribution >= 4 is 5.69 Å². The van der Waals surface area contributed by atoms with Crippen LogP contribution in [0.2, 0.25) is 0 Å². The van der Waals surface area contributed by atoms with E-state index in [2.05, 4.69) is 18.3 Å². The minimum atomic E-state index is -0.546. The molecule has 0 amide bonds. The number of ether oxygens (including phenoxy) is 1. The zero-order chi connectivity index (χ0) is 14.2. The number of furan rings is 1. The highest BCUT2D eigenvalue weighted by Gasteiger charge is 2.06. The molecule has 1 unspecified atom stereocenters. The number of aryl methyl sites for hydroxylation is 1. The maximum Gasteiger partial charge on any atom is 0.129 e. The fourth-order valence-corrected chi connectivity index (χ4v) is 1.98. The summed E-state index contributed by atoms with van der Waals surface area (Å²) in [5, 5.41) is 13.1. The summed E-state index contributed by atoms with van der Waals surface area (Å²) >= 11 is 0. The van der Waals surface area contributed by atoms with E-state index in [-0.39, 0.29) is 6.61 Å². The lowest BCUT2D eigenvalue weighted by Gasteiger charge is -2.15. The molecule has 0 saturated carbocycles. The van der Waals surface area contributed by atoms with Crippen molar-refractivity contribution in [1.29, 1.82) is 0 Å². The van der Waals surface area contributed by atoms with E-state index in [9.17, 15) is 5.11 Å². The van der Waals surface area contributed by atoms with Gasteiger partial charge in [-0.3, -0.25) is 0 Å². The lowest BCUT2D eigenvalue weighted by molar-refractivity contribution is 0.0282. The number of nitrogens with one attached hydrogen (secondary N) is 1. The molecule has 0 fully saturated rings. The first-order valence-electron chi connectivity index (χ1n) is 6.89. The van der Waals surface area contributed by atoms with Gasteiger partial charge in [-0.1, -0.05) is 25.1 Å². The Labute approximate surface area is 119 Å². The third-order valence-electron chi connectivity index (χ3n) is 3.06. The van der Waals surface area contributed by atoms with Gasteiger partial charge in [0.2, 0.25) is 0 Å². The van der Waals surface area contributed by atoms with Gasteiger partial charge < -0.3 is 19.6 Å². The van der Waals surface area contributed by atoms with E-state index in [0.717, 1.165) is 17.9 Å². The molecule has 0 bridgehead atoms. The zero-order valence-electron chi connectivity index (χ0n) is 11.7. The number of para-hydroxylation sites is 1. The summed E-state index contributed by atoms with van der Waals surface area (Å²) < 4.78 is 10.6. The summed E-state index contributed by atoms with van der Waals surface area (Å²) in [6, 6.07) is 11.8. The third-order valence-corrected chi connectivity index (χ3v) is 3.06. The van der Waals surface area contributed by atoms with Gasteiger partial charge in [-0.05, 0) is 30.2 Å². The normalized spacial score (nSPS) is 12.3. The topological polar surface area (TPSA) is 54.6 Å². The highest BCUT2D eigenvalue weighted by molar-refractivity contribution is 5.51. The van der Waals surface area contributed by atoms with Gasteiger partial charge in [0.25, 0.3) is 0 Å². The number of anilines is 1. The van der Waals surface area contributed by atoms with E-state index in [0.29, 0.717) is 13.2 Å². The van der Waals surface area contributed by atoms with Crippen LogP contribution in [0.5, 0.6) is 0 Å². The van der Waals surface area contributed by atoms with E-state index in [1.807, 2.05) is 30.3 Å². The number of hydrogen-bond donors (Lipinski definition) is 2. The number of hydrogen-bond acceptors (Lipinski definition) is 4. The SMILES string of the molecule is CCc1ccccc1NCC(O)COCc1ccco1. The Morgan fingerprint density at radius 1 is 1.25 bits per heavy atom. The van der Waals surface area contributed by atoms with Crippen molar-refractivity contribution in [2.45, 2.75) is 26.1 Å². The van der Waals surface area contributed by atoms with Crippen molar-refractivity contribution in [1.82, 2.24) is 0 Å². The van der Waals surface area contributed by atoms with E-state index < -0.39 is 6.10 Å². The van der Waals surface area contributed by atoms with Crippen LogP contribution in [-0.4, -0.2) is 24.4 Å². The van der Waals surface area contributed by atoms with E-state index in [4.69, 9.17) is 9.15 Å². The molecule has 0 aliphatic heterocycles. The van der Waals surface area contributed by atoms with Gasteiger partial charge in [0, 0.05) is 12.2 Å². The van der Waals surface area contributed by atoms with E-state index >= 15 is 0 Å². The van der Waals surface area contributed by atoms with Gasteiger partial charge in [-0.25, -0.2) is 0 Å². The average molecular weight is 275 g/mol. The first kappa shape index (κ1) is 14.6. The van der Waals surface area contributed by atoms with Crippen LogP contribution in [0.15, 0.2) is 47.1 Å². The molecule has 1 heterocycles. The molecule has 108 valence electrons. The fraction of sp³-hybridized carbons (Fsp3) is 0.375. The Morgan fingerprint density at radius 3 is 2.85 bits per heavy atom. The summed E-state index contributed by atoms with van der Waals surface area (Å²) in [4.78, 5) is 0. The lowest BCUT2D eigenvalue weighted by atomic mass is 10.1. The number of aliphatic hydroxyl groups excluding tert-OH is 1. The van der Waals surface area contributed by atoms with Crippen LogP contribution in [0.3, 0.4) is 0 Å².